The van der Waals surface area contributed by atoms with Gasteiger partial charge in [-0.1, -0.05) is 65.2 Å². The molecule has 5 heteroatoms. The third-order valence-corrected chi connectivity index (χ3v) is 2.97. The molecule has 0 heterocycles. The summed E-state index contributed by atoms with van der Waals surface area (Å²) in [5, 5.41) is 19.8. The summed E-state index contributed by atoms with van der Waals surface area (Å²) in [6, 6.07) is 0. The van der Waals surface area contributed by atoms with Gasteiger partial charge in [0.15, 0.2) is 0 Å². The predicted octanol–water partition coefficient (Wildman–Crippen LogP) is 1.81. The molecule has 0 aromatic rings. The van der Waals surface area contributed by atoms with Crippen LogP contribution in [0.3, 0.4) is 0 Å². The molecule has 0 aromatic carbocycles. The molecular weight excluding hydrogens is 265 g/mol. The zero-order chi connectivity index (χ0) is 15.6. The van der Waals surface area contributed by atoms with Gasteiger partial charge in [-0.05, 0) is 25.7 Å². The van der Waals surface area contributed by atoms with Crippen molar-refractivity contribution in [2.24, 2.45) is 0 Å². The van der Waals surface area contributed by atoms with E-state index < -0.39 is 11.9 Å². The first-order chi connectivity index (χ1) is 9.54. The van der Waals surface area contributed by atoms with Crippen molar-refractivity contribution in [1.82, 2.24) is 0 Å². The molecule has 0 amide bonds. The zero-order valence-corrected chi connectivity index (χ0v) is 13.8. The van der Waals surface area contributed by atoms with Crippen molar-refractivity contribution in [2.45, 2.75) is 90.9 Å². The van der Waals surface area contributed by atoms with Gasteiger partial charge in [0.25, 0.3) is 0 Å². The van der Waals surface area contributed by atoms with E-state index >= 15 is 0 Å². The molecular formula is C16H30BeO4. The summed E-state index contributed by atoms with van der Waals surface area (Å²) in [6.45, 7) is 4.28. The van der Waals surface area contributed by atoms with Crippen LogP contribution in [0.4, 0.5) is 0 Å². The molecule has 21 heavy (non-hydrogen) atoms. The van der Waals surface area contributed by atoms with E-state index in [2.05, 4.69) is 13.8 Å². The summed E-state index contributed by atoms with van der Waals surface area (Å²) in [5.41, 5.74) is 0. The summed E-state index contributed by atoms with van der Waals surface area (Å²) in [7, 11) is 0. The van der Waals surface area contributed by atoms with E-state index in [1.54, 1.807) is 0 Å². The predicted molar refractivity (Wildman–Crippen MR) is 82.5 cm³/mol. The maximum Gasteiger partial charge on any atom is 2.00 e. The number of hydrogen-bond donors (Lipinski definition) is 0. The summed E-state index contributed by atoms with van der Waals surface area (Å²) in [6.07, 6.45) is 11.2. The van der Waals surface area contributed by atoms with Gasteiger partial charge in [-0.3, -0.25) is 0 Å². The van der Waals surface area contributed by atoms with Crippen LogP contribution >= 0.6 is 0 Å². The first kappa shape index (κ1) is 25.1. The quantitative estimate of drug-likeness (QED) is 0.406. The minimum absolute atomic E-state index is 0. The van der Waals surface area contributed by atoms with Gasteiger partial charge in [-0.25, -0.2) is 0 Å². The largest absolute Gasteiger partial charge is 2.00 e. The Morgan fingerprint density at radius 1 is 0.619 bits per heavy atom. The van der Waals surface area contributed by atoms with Crippen molar-refractivity contribution in [3.05, 3.63) is 0 Å². The van der Waals surface area contributed by atoms with E-state index in [4.69, 9.17) is 0 Å². The summed E-state index contributed by atoms with van der Waals surface area (Å²) < 4.78 is 0. The number of carbonyl (C=O) groups is 2. The Morgan fingerprint density at radius 2 is 0.905 bits per heavy atom. The Morgan fingerprint density at radius 3 is 1.14 bits per heavy atom. The van der Waals surface area contributed by atoms with Crippen LogP contribution in [0, 0.1) is 0 Å². The van der Waals surface area contributed by atoms with E-state index in [0.717, 1.165) is 38.5 Å². The monoisotopic (exact) mass is 295 g/mol. The molecule has 0 fully saturated rings. The van der Waals surface area contributed by atoms with Crippen molar-refractivity contribution < 1.29 is 19.8 Å². The molecule has 0 unspecified atom stereocenters. The van der Waals surface area contributed by atoms with Crippen LogP contribution in [0.2, 0.25) is 0 Å². The Bertz CT molecular complexity index is 208. The Labute approximate surface area is 133 Å². The maximum absolute atomic E-state index is 9.92. The molecule has 120 valence electrons. The van der Waals surface area contributed by atoms with Gasteiger partial charge in [0, 0.05) is 11.9 Å². The van der Waals surface area contributed by atoms with E-state index in [1.807, 2.05) is 0 Å². The fraction of sp³-hybridized carbons (Fsp3) is 0.875. The molecule has 0 spiro atoms. The molecule has 0 saturated carbocycles. The molecule has 0 radical (unpaired) electrons. The van der Waals surface area contributed by atoms with Crippen LogP contribution in [0.25, 0.3) is 0 Å². The van der Waals surface area contributed by atoms with Gasteiger partial charge in [-0.2, -0.15) is 0 Å². The first-order valence-electron chi connectivity index (χ1n) is 7.94. The second kappa shape index (κ2) is 21.4. The number of carboxylic acid groups (broad SMARTS) is 2. The van der Waals surface area contributed by atoms with Crippen molar-refractivity contribution >= 4 is 22.1 Å². The van der Waals surface area contributed by atoms with E-state index in [0.29, 0.717) is 0 Å². The molecule has 4 nitrogen and oxygen atoms in total. The number of rotatable bonds is 12. The van der Waals surface area contributed by atoms with Gasteiger partial charge < -0.3 is 19.8 Å². The van der Waals surface area contributed by atoms with E-state index in [1.165, 1.54) is 25.7 Å². The second-order valence-electron chi connectivity index (χ2n) is 5.07. The summed E-state index contributed by atoms with van der Waals surface area (Å²) in [5.74, 6) is -1.84. The van der Waals surface area contributed by atoms with Crippen molar-refractivity contribution in [2.75, 3.05) is 0 Å². The number of unbranched alkanes of at least 4 members (excludes halogenated alkanes) is 8. The molecule has 0 rings (SSSR count). The SMILES string of the molecule is CCCCCCCC(=O)[O-].CCCCCCCC(=O)[O-].[Be+2]. The molecule has 0 saturated heterocycles. The molecule has 0 aliphatic heterocycles. The van der Waals surface area contributed by atoms with Crippen LogP contribution in [0.1, 0.15) is 90.9 Å². The van der Waals surface area contributed by atoms with Crippen LogP contribution in [-0.4, -0.2) is 22.1 Å². The molecule has 0 aliphatic rings. The smallest absolute Gasteiger partial charge is 0.550 e. The molecule has 0 aromatic heterocycles. The van der Waals surface area contributed by atoms with Crippen LogP contribution in [-0.2, 0) is 9.59 Å². The van der Waals surface area contributed by atoms with Crippen molar-refractivity contribution in [3.8, 4) is 0 Å². The summed E-state index contributed by atoms with van der Waals surface area (Å²) >= 11 is 0. The second-order valence-corrected chi connectivity index (χ2v) is 5.07. The molecule has 0 atom stereocenters. The minimum Gasteiger partial charge on any atom is -0.550 e. The Balaban J connectivity index is -0.000000295. The summed E-state index contributed by atoms with van der Waals surface area (Å²) in [4.78, 5) is 19.8. The first-order valence-corrected chi connectivity index (χ1v) is 7.94. The van der Waals surface area contributed by atoms with Crippen molar-refractivity contribution in [3.63, 3.8) is 0 Å². The fourth-order valence-electron chi connectivity index (χ4n) is 1.75. The van der Waals surface area contributed by atoms with Crippen LogP contribution in [0.15, 0.2) is 0 Å². The van der Waals surface area contributed by atoms with Gasteiger partial charge in [-0.15, -0.1) is 0 Å². The van der Waals surface area contributed by atoms with Gasteiger partial charge >= 0.3 is 10.1 Å². The topological polar surface area (TPSA) is 80.3 Å². The average Bonchev–Trinajstić information content (AvgIpc) is 2.38. The zero-order valence-electron chi connectivity index (χ0n) is 13.8. The normalized spacial score (nSPS) is 9.24. The fourth-order valence-corrected chi connectivity index (χ4v) is 1.75. The third-order valence-electron chi connectivity index (χ3n) is 2.97. The van der Waals surface area contributed by atoms with E-state index in [9.17, 15) is 19.8 Å². The molecule has 0 aliphatic carbocycles. The third kappa shape index (κ3) is 32.5. The molecule has 0 bridgehead atoms. The average molecular weight is 295 g/mol. The van der Waals surface area contributed by atoms with Gasteiger partial charge in [0.2, 0.25) is 0 Å². The van der Waals surface area contributed by atoms with Gasteiger partial charge in [0.05, 0.1) is 0 Å². The van der Waals surface area contributed by atoms with Crippen LogP contribution < -0.4 is 10.2 Å². The molecule has 0 N–H and O–H groups in total. The standard InChI is InChI=1S/2C8H16O2.Be/c2*1-2-3-4-5-6-7-8(9)10;/h2*2-7H2,1H3,(H,9,10);/q;;+2/p-2. The van der Waals surface area contributed by atoms with E-state index in [-0.39, 0.29) is 23.0 Å². The number of carboxylic acids is 2. The maximum atomic E-state index is 9.92. The minimum atomic E-state index is -0.920. The number of hydrogen-bond acceptors (Lipinski definition) is 4. The van der Waals surface area contributed by atoms with Gasteiger partial charge in [0.1, 0.15) is 0 Å². The Kier molecular flexibility index (Phi) is 25.6. The van der Waals surface area contributed by atoms with Crippen molar-refractivity contribution in [1.29, 1.82) is 0 Å². The van der Waals surface area contributed by atoms with Crippen LogP contribution in [0.5, 0.6) is 0 Å². The number of carbonyl (C=O) groups excluding carboxylic acids is 2. The Hall–Kier alpha value is -0.891. The number of aliphatic carboxylic acids is 2.